The lowest BCUT2D eigenvalue weighted by Gasteiger charge is -2.37. The minimum atomic E-state index is -0.370. The molecule has 198 valence electrons. The fourth-order valence-corrected chi connectivity index (χ4v) is 4.78. The molecular weight excluding hydrogens is 492 g/mol. The Morgan fingerprint density at radius 1 is 0.974 bits per heavy atom. The first kappa shape index (κ1) is 27.1. The second-order valence-corrected chi connectivity index (χ2v) is 9.28. The molecule has 0 bridgehead atoms. The first-order valence-electron chi connectivity index (χ1n) is 12.7. The Morgan fingerprint density at radius 2 is 1.67 bits per heavy atom. The minimum absolute atomic E-state index is 0.272. The number of nitrogens with one attached hydrogen (secondary N) is 2. The number of hydrogen-bond acceptors (Lipinski definition) is 7. The van der Waals surface area contributed by atoms with E-state index in [-0.39, 0.29) is 18.6 Å². The van der Waals surface area contributed by atoms with Gasteiger partial charge >= 0.3 is 0 Å². The van der Waals surface area contributed by atoms with Gasteiger partial charge in [-0.2, -0.15) is 5.11 Å². The zero-order valence-electron chi connectivity index (χ0n) is 21.5. The molecule has 0 radical (unpaired) electrons. The maximum atomic E-state index is 9.27. The number of nitrogens with two attached hydrogens (primary N) is 1. The lowest BCUT2D eigenvalue weighted by Crippen LogP contribution is -2.31. The van der Waals surface area contributed by atoms with Crippen LogP contribution in [-0.2, 0) is 5.54 Å². The van der Waals surface area contributed by atoms with E-state index >= 15 is 0 Å². The van der Waals surface area contributed by atoms with Crippen LogP contribution in [0.2, 0.25) is 0 Å². The number of allylic oxidation sites excluding steroid dienone is 2. The van der Waals surface area contributed by atoms with Crippen molar-refractivity contribution in [3.05, 3.63) is 110 Å². The van der Waals surface area contributed by atoms with Crippen molar-refractivity contribution in [2.45, 2.75) is 37.6 Å². The van der Waals surface area contributed by atoms with Crippen molar-refractivity contribution < 1.29 is 0 Å². The lowest BCUT2D eigenvalue weighted by molar-refractivity contribution is 0.242. The molecule has 2 aromatic carbocycles. The molecule has 1 aliphatic carbocycles. The van der Waals surface area contributed by atoms with Crippen molar-refractivity contribution in [1.82, 2.24) is 5.32 Å². The van der Waals surface area contributed by atoms with Crippen LogP contribution < -0.4 is 11.2 Å². The number of azide groups is 2. The van der Waals surface area contributed by atoms with E-state index in [9.17, 15) is 5.41 Å². The Bertz CT molecular complexity index is 1400. The first-order valence-corrected chi connectivity index (χ1v) is 12.7. The lowest BCUT2D eigenvalue weighted by atomic mass is 9.72. The normalized spacial score (nSPS) is 17.3. The number of aliphatic imine (C=N–C) groups is 1. The molecule has 1 aliphatic heterocycles. The van der Waals surface area contributed by atoms with Crippen molar-refractivity contribution in [3.8, 4) is 0 Å². The standard InChI is InChI=1S/C27H30N12/c28-26(20-7-9-21(10-8-20)27(36-39-31)13-4-14-27)25(19-5-2-1-3-6-19)24-18-32-22(11-15-33-37-29)17-23(35-24)12-16-34-38-30/h1-3,5-10,17,28,35H,4,11-16,18H2,(H2,31,36)/b25-24-,28-26?. The highest BCUT2D eigenvalue weighted by molar-refractivity contribution is 6.31. The Balaban J connectivity index is 1.73. The van der Waals surface area contributed by atoms with Crippen LogP contribution in [0, 0.1) is 5.41 Å². The van der Waals surface area contributed by atoms with Crippen molar-refractivity contribution in [2.75, 3.05) is 19.6 Å². The van der Waals surface area contributed by atoms with Crippen LogP contribution in [0.4, 0.5) is 0 Å². The fourth-order valence-electron chi connectivity index (χ4n) is 4.78. The average Bonchev–Trinajstić information content (AvgIpc) is 3.14. The van der Waals surface area contributed by atoms with E-state index in [4.69, 9.17) is 21.9 Å². The molecule has 4 rings (SSSR count). The van der Waals surface area contributed by atoms with Gasteiger partial charge in [0, 0.05) is 51.2 Å². The summed E-state index contributed by atoms with van der Waals surface area (Å²) >= 11 is 0. The molecule has 0 unspecified atom stereocenters. The maximum absolute atomic E-state index is 9.27. The van der Waals surface area contributed by atoms with Gasteiger partial charge in [-0.3, -0.25) is 10.4 Å². The van der Waals surface area contributed by atoms with Gasteiger partial charge < -0.3 is 11.2 Å². The average molecular weight is 523 g/mol. The van der Waals surface area contributed by atoms with Crippen molar-refractivity contribution in [2.24, 2.45) is 31.4 Å². The number of benzene rings is 2. The molecule has 12 heteroatoms. The van der Waals surface area contributed by atoms with E-state index in [1.165, 1.54) is 0 Å². The van der Waals surface area contributed by atoms with Crippen LogP contribution in [0.25, 0.3) is 26.5 Å². The summed E-state index contributed by atoms with van der Waals surface area (Å²) in [5, 5.41) is 27.9. The van der Waals surface area contributed by atoms with Gasteiger partial charge in [-0.05, 0) is 60.4 Å². The fraction of sp³-hybridized carbons (Fsp3) is 0.333. The molecule has 0 aromatic heterocycles. The molecule has 1 heterocycles. The quantitative estimate of drug-likeness (QED) is 0.0756. The Kier molecular flexibility index (Phi) is 9.07. The predicted molar refractivity (Wildman–Crippen MR) is 152 cm³/mol. The molecule has 1 saturated carbocycles. The molecule has 0 spiro atoms. The number of nitrogens with zero attached hydrogens (tertiary/aromatic N) is 9. The largest absolute Gasteiger partial charge is 0.360 e. The number of hydrogen-bond donors (Lipinski definition) is 3. The summed E-state index contributed by atoms with van der Waals surface area (Å²) in [6.07, 6.45) is 5.73. The second-order valence-electron chi connectivity index (χ2n) is 9.28. The summed E-state index contributed by atoms with van der Waals surface area (Å²) in [4.78, 5) is 10.4. The van der Waals surface area contributed by atoms with Crippen molar-refractivity contribution in [1.29, 1.82) is 5.41 Å². The van der Waals surface area contributed by atoms with Gasteiger partial charge in [0.1, 0.15) is 5.54 Å². The summed E-state index contributed by atoms with van der Waals surface area (Å²) in [5.74, 6) is 5.38. The van der Waals surface area contributed by atoms with Crippen LogP contribution in [-0.4, -0.2) is 31.1 Å². The zero-order valence-corrected chi connectivity index (χ0v) is 21.5. The molecule has 0 amide bonds. The third-order valence-corrected chi connectivity index (χ3v) is 6.92. The smallest absolute Gasteiger partial charge is 0.109 e. The van der Waals surface area contributed by atoms with Crippen molar-refractivity contribution >= 4 is 17.0 Å². The molecule has 12 nitrogen and oxygen atoms in total. The molecule has 39 heavy (non-hydrogen) atoms. The van der Waals surface area contributed by atoms with E-state index in [1.54, 1.807) is 0 Å². The molecule has 1 fully saturated rings. The summed E-state index contributed by atoms with van der Waals surface area (Å²) in [5.41, 5.74) is 23.1. The van der Waals surface area contributed by atoms with Gasteiger partial charge in [0.25, 0.3) is 0 Å². The van der Waals surface area contributed by atoms with Gasteiger partial charge in [-0.1, -0.05) is 70.0 Å². The summed E-state index contributed by atoms with van der Waals surface area (Å²) in [6, 6.07) is 17.6. The van der Waals surface area contributed by atoms with Gasteiger partial charge in [0.05, 0.1) is 12.3 Å². The second kappa shape index (κ2) is 13.0. The molecule has 4 N–H and O–H groups in total. The monoisotopic (exact) mass is 522 g/mol. The third kappa shape index (κ3) is 6.51. The summed E-state index contributed by atoms with van der Waals surface area (Å²) in [6.45, 7) is 0.860. The Hall–Kier alpha value is -4.92. The topological polar surface area (TPSA) is 196 Å². The molecule has 2 aliphatic rings. The van der Waals surface area contributed by atoms with Crippen LogP contribution in [0.3, 0.4) is 0 Å². The Morgan fingerprint density at radius 3 is 2.28 bits per heavy atom. The SMILES string of the molecule is [N-]=[N+]=NCCC1=CC(CCN=[N+]=[N-])=NC/C(=C(/C(=N)c2ccc(C3(N=NN)CCC3)cc2)c2ccccc2)N1. The van der Waals surface area contributed by atoms with Gasteiger partial charge in [-0.15, -0.1) is 0 Å². The van der Waals surface area contributed by atoms with Gasteiger partial charge in [0.2, 0.25) is 0 Å². The van der Waals surface area contributed by atoms with E-state index in [2.05, 4.69) is 35.7 Å². The van der Waals surface area contributed by atoms with Crippen LogP contribution >= 0.6 is 0 Å². The minimum Gasteiger partial charge on any atom is -0.360 e. The van der Waals surface area contributed by atoms with E-state index < -0.39 is 0 Å². The maximum Gasteiger partial charge on any atom is 0.109 e. The third-order valence-electron chi connectivity index (χ3n) is 6.92. The summed E-state index contributed by atoms with van der Waals surface area (Å²) in [7, 11) is 0. The highest BCUT2D eigenvalue weighted by Gasteiger charge is 2.39. The van der Waals surface area contributed by atoms with Crippen LogP contribution in [0.5, 0.6) is 0 Å². The van der Waals surface area contributed by atoms with E-state index in [1.807, 2.05) is 60.7 Å². The van der Waals surface area contributed by atoms with E-state index in [0.29, 0.717) is 25.1 Å². The number of rotatable bonds is 11. The molecule has 0 saturated heterocycles. The van der Waals surface area contributed by atoms with Crippen LogP contribution in [0.15, 0.2) is 97.6 Å². The van der Waals surface area contributed by atoms with Gasteiger partial charge in [-0.25, -0.2) is 0 Å². The Labute approximate surface area is 226 Å². The summed E-state index contributed by atoms with van der Waals surface area (Å²) < 4.78 is 0. The predicted octanol–water partition coefficient (Wildman–Crippen LogP) is 6.50. The van der Waals surface area contributed by atoms with Crippen molar-refractivity contribution in [3.63, 3.8) is 0 Å². The molecule has 2 aromatic rings. The van der Waals surface area contributed by atoms with Crippen LogP contribution in [0.1, 0.15) is 48.8 Å². The molecular formula is C27H30N12. The van der Waals surface area contributed by atoms with Gasteiger partial charge in [0.15, 0.2) is 0 Å². The van der Waals surface area contributed by atoms with E-state index in [0.717, 1.165) is 58.6 Å². The zero-order chi connectivity index (χ0) is 27.5. The highest BCUT2D eigenvalue weighted by atomic mass is 15.3. The highest BCUT2D eigenvalue weighted by Crippen LogP contribution is 2.45. The molecule has 0 atom stereocenters. The first-order chi connectivity index (χ1) is 19.1.